The quantitative estimate of drug-likeness (QED) is 0.898. The first-order chi connectivity index (χ1) is 9.35. The van der Waals surface area contributed by atoms with Gasteiger partial charge in [-0.25, -0.2) is 4.39 Å². The lowest BCUT2D eigenvalue weighted by atomic mass is 10.1. The van der Waals surface area contributed by atoms with Gasteiger partial charge in [-0.05, 0) is 45.4 Å². The Labute approximate surface area is 119 Å². The molecule has 1 N–H and O–H groups in total. The fraction of sp³-hybridized carbons (Fsp3) is 0.467. The molecular weight excluding hydrogens is 259 g/mol. The van der Waals surface area contributed by atoms with E-state index in [0.717, 1.165) is 0 Å². The Hall–Kier alpha value is -1.91. The van der Waals surface area contributed by atoms with Crippen molar-refractivity contribution in [2.45, 2.75) is 33.7 Å². The highest BCUT2D eigenvalue weighted by Crippen LogP contribution is 2.11. The number of benzene rings is 1. The van der Waals surface area contributed by atoms with Crippen molar-refractivity contribution in [1.29, 1.82) is 0 Å². The summed E-state index contributed by atoms with van der Waals surface area (Å²) >= 11 is 0. The molecule has 0 radical (unpaired) electrons. The van der Waals surface area contributed by atoms with E-state index in [4.69, 9.17) is 0 Å². The minimum atomic E-state index is -0.418. The molecule has 1 aromatic carbocycles. The van der Waals surface area contributed by atoms with Crippen molar-refractivity contribution in [3.63, 3.8) is 0 Å². The van der Waals surface area contributed by atoms with E-state index < -0.39 is 5.82 Å². The second-order valence-electron chi connectivity index (χ2n) is 5.01. The molecule has 0 fully saturated rings. The van der Waals surface area contributed by atoms with Crippen LogP contribution in [-0.2, 0) is 4.79 Å². The van der Waals surface area contributed by atoms with Gasteiger partial charge in [0.15, 0.2) is 0 Å². The lowest BCUT2D eigenvalue weighted by Crippen LogP contribution is -2.42. The minimum Gasteiger partial charge on any atom is -0.352 e. The van der Waals surface area contributed by atoms with E-state index in [1.807, 2.05) is 13.8 Å². The summed E-state index contributed by atoms with van der Waals surface area (Å²) in [5, 5.41) is 2.73. The van der Waals surface area contributed by atoms with Crippen molar-refractivity contribution in [3.05, 3.63) is 35.1 Å². The number of aryl methyl sites for hydroxylation is 1. The van der Waals surface area contributed by atoms with Crippen molar-refractivity contribution in [2.75, 3.05) is 13.1 Å². The summed E-state index contributed by atoms with van der Waals surface area (Å²) in [4.78, 5) is 25.3. The first-order valence-corrected chi connectivity index (χ1v) is 6.70. The largest absolute Gasteiger partial charge is 0.352 e. The SMILES string of the molecule is CCN(CC(=O)NC(C)C)C(=O)c1ccc(C)c(F)c1. The summed E-state index contributed by atoms with van der Waals surface area (Å²) in [7, 11) is 0. The number of carbonyl (C=O) groups is 2. The maximum Gasteiger partial charge on any atom is 0.254 e. The van der Waals surface area contributed by atoms with Crippen LogP contribution in [0.2, 0.25) is 0 Å². The third kappa shape index (κ3) is 4.33. The Morgan fingerprint density at radius 1 is 1.35 bits per heavy atom. The van der Waals surface area contributed by atoms with Gasteiger partial charge in [-0.1, -0.05) is 6.07 Å². The standard InChI is InChI=1S/C15H21FN2O2/c1-5-18(9-14(19)17-10(2)3)15(20)12-7-6-11(4)13(16)8-12/h6-8,10H,5,9H2,1-4H3,(H,17,19). The summed E-state index contributed by atoms with van der Waals surface area (Å²) in [6.45, 7) is 7.49. The number of hydrogen-bond donors (Lipinski definition) is 1. The van der Waals surface area contributed by atoms with E-state index in [0.29, 0.717) is 12.1 Å². The average Bonchev–Trinajstić information content (AvgIpc) is 2.37. The summed E-state index contributed by atoms with van der Waals surface area (Å²) in [6, 6.07) is 4.36. The zero-order chi connectivity index (χ0) is 15.3. The maximum atomic E-state index is 13.5. The van der Waals surface area contributed by atoms with Crippen LogP contribution in [-0.4, -0.2) is 35.8 Å². The van der Waals surface area contributed by atoms with Crippen molar-refractivity contribution in [2.24, 2.45) is 0 Å². The van der Waals surface area contributed by atoms with Gasteiger partial charge in [0.05, 0.1) is 6.54 Å². The first kappa shape index (κ1) is 16.1. The lowest BCUT2D eigenvalue weighted by molar-refractivity contribution is -0.122. The zero-order valence-electron chi connectivity index (χ0n) is 12.4. The van der Waals surface area contributed by atoms with Gasteiger partial charge in [-0.2, -0.15) is 0 Å². The van der Waals surface area contributed by atoms with E-state index >= 15 is 0 Å². The Bertz CT molecular complexity index is 501. The predicted octanol–water partition coefficient (Wildman–Crippen LogP) is 2.12. The molecule has 0 saturated carbocycles. The number of amides is 2. The predicted molar refractivity (Wildman–Crippen MR) is 76.0 cm³/mol. The van der Waals surface area contributed by atoms with Crippen LogP contribution < -0.4 is 5.32 Å². The molecule has 0 aliphatic carbocycles. The monoisotopic (exact) mass is 280 g/mol. The van der Waals surface area contributed by atoms with Crippen LogP contribution in [0.15, 0.2) is 18.2 Å². The molecule has 0 atom stereocenters. The zero-order valence-corrected chi connectivity index (χ0v) is 12.4. The van der Waals surface area contributed by atoms with E-state index in [1.165, 1.54) is 11.0 Å². The van der Waals surface area contributed by atoms with Gasteiger partial charge in [0, 0.05) is 18.2 Å². The molecule has 5 heteroatoms. The molecule has 20 heavy (non-hydrogen) atoms. The molecule has 0 aromatic heterocycles. The topological polar surface area (TPSA) is 49.4 Å². The van der Waals surface area contributed by atoms with Gasteiger partial charge in [-0.3, -0.25) is 9.59 Å². The van der Waals surface area contributed by atoms with Crippen LogP contribution in [0.3, 0.4) is 0 Å². The molecule has 4 nitrogen and oxygen atoms in total. The molecule has 0 bridgehead atoms. The molecule has 0 unspecified atom stereocenters. The van der Waals surface area contributed by atoms with Crippen LogP contribution in [0.4, 0.5) is 4.39 Å². The molecule has 110 valence electrons. The molecular formula is C15H21FN2O2. The minimum absolute atomic E-state index is 0.0214. The molecule has 2 amide bonds. The van der Waals surface area contributed by atoms with Crippen LogP contribution in [0.25, 0.3) is 0 Å². The van der Waals surface area contributed by atoms with Crippen LogP contribution >= 0.6 is 0 Å². The van der Waals surface area contributed by atoms with Gasteiger partial charge in [-0.15, -0.1) is 0 Å². The third-order valence-corrected chi connectivity index (χ3v) is 2.87. The summed E-state index contributed by atoms with van der Waals surface area (Å²) in [6.07, 6.45) is 0. The number of nitrogens with zero attached hydrogens (tertiary/aromatic N) is 1. The number of rotatable bonds is 5. The number of carbonyl (C=O) groups excluding carboxylic acids is 2. The molecule has 0 aliphatic heterocycles. The van der Waals surface area contributed by atoms with Crippen LogP contribution in [0, 0.1) is 12.7 Å². The van der Waals surface area contributed by atoms with Crippen LogP contribution in [0.1, 0.15) is 36.7 Å². The average molecular weight is 280 g/mol. The molecule has 1 aromatic rings. The maximum absolute atomic E-state index is 13.5. The Morgan fingerprint density at radius 2 is 2.00 bits per heavy atom. The van der Waals surface area contributed by atoms with Crippen molar-refractivity contribution >= 4 is 11.8 Å². The number of halogens is 1. The highest BCUT2D eigenvalue weighted by molar-refractivity contribution is 5.96. The fourth-order valence-electron chi connectivity index (χ4n) is 1.78. The summed E-state index contributed by atoms with van der Waals surface area (Å²) in [5.74, 6) is -0.980. The highest BCUT2D eigenvalue weighted by atomic mass is 19.1. The summed E-state index contributed by atoms with van der Waals surface area (Å²) < 4.78 is 13.5. The van der Waals surface area contributed by atoms with E-state index in [9.17, 15) is 14.0 Å². The van der Waals surface area contributed by atoms with Gasteiger partial charge in [0.25, 0.3) is 5.91 Å². The smallest absolute Gasteiger partial charge is 0.254 e. The fourth-order valence-corrected chi connectivity index (χ4v) is 1.78. The Kier molecular flexibility index (Phi) is 5.67. The summed E-state index contributed by atoms with van der Waals surface area (Å²) in [5.41, 5.74) is 0.745. The molecule has 1 rings (SSSR count). The van der Waals surface area contributed by atoms with Gasteiger partial charge < -0.3 is 10.2 Å². The highest BCUT2D eigenvalue weighted by Gasteiger charge is 2.18. The van der Waals surface area contributed by atoms with Crippen molar-refractivity contribution in [3.8, 4) is 0 Å². The molecule has 0 spiro atoms. The lowest BCUT2D eigenvalue weighted by Gasteiger charge is -2.21. The van der Waals surface area contributed by atoms with Crippen LogP contribution in [0.5, 0.6) is 0 Å². The Balaban J connectivity index is 2.81. The van der Waals surface area contributed by atoms with Crippen molar-refractivity contribution in [1.82, 2.24) is 10.2 Å². The second kappa shape index (κ2) is 7.03. The van der Waals surface area contributed by atoms with E-state index in [2.05, 4.69) is 5.32 Å². The number of hydrogen-bond acceptors (Lipinski definition) is 2. The molecule has 0 heterocycles. The third-order valence-electron chi connectivity index (χ3n) is 2.87. The number of nitrogens with one attached hydrogen (secondary N) is 1. The van der Waals surface area contributed by atoms with Gasteiger partial charge in [0.2, 0.25) is 5.91 Å². The van der Waals surface area contributed by atoms with E-state index in [-0.39, 0.29) is 30.0 Å². The normalized spacial score (nSPS) is 10.5. The van der Waals surface area contributed by atoms with Crippen molar-refractivity contribution < 1.29 is 14.0 Å². The first-order valence-electron chi connectivity index (χ1n) is 6.70. The van der Waals surface area contributed by atoms with Gasteiger partial charge >= 0.3 is 0 Å². The Morgan fingerprint density at radius 3 is 2.50 bits per heavy atom. The van der Waals surface area contributed by atoms with Gasteiger partial charge in [0.1, 0.15) is 5.82 Å². The number of likely N-dealkylation sites (N-methyl/N-ethyl adjacent to an activating group) is 1. The van der Waals surface area contributed by atoms with E-state index in [1.54, 1.807) is 26.0 Å². The molecule has 0 aliphatic rings. The molecule has 0 saturated heterocycles. The second-order valence-corrected chi connectivity index (χ2v) is 5.01.